The maximum absolute atomic E-state index is 13.3. The lowest BCUT2D eigenvalue weighted by Gasteiger charge is -2.28. The first kappa shape index (κ1) is 22.1. The van der Waals surface area contributed by atoms with Gasteiger partial charge in [-0.3, -0.25) is 9.89 Å². The van der Waals surface area contributed by atoms with Crippen molar-refractivity contribution < 1.29 is 13.2 Å². The van der Waals surface area contributed by atoms with Crippen LogP contribution in [0.5, 0.6) is 0 Å². The molecule has 2 N–H and O–H groups in total. The minimum atomic E-state index is -3.75. The highest BCUT2D eigenvalue weighted by molar-refractivity contribution is 7.89. The Hall–Kier alpha value is -3.75. The number of carbonyl (C=O) groups excluding carboxylic acids is 1. The predicted molar refractivity (Wildman–Crippen MR) is 131 cm³/mol. The fourth-order valence-corrected chi connectivity index (χ4v) is 5.74. The van der Waals surface area contributed by atoms with Gasteiger partial charge in [-0.05, 0) is 48.2 Å². The van der Waals surface area contributed by atoms with Gasteiger partial charge in [0.2, 0.25) is 10.0 Å². The number of anilines is 1. The molecule has 0 bridgehead atoms. The number of hydrogen-bond donors (Lipinski definition) is 2. The second-order valence-electron chi connectivity index (χ2n) is 8.28. The first-order valence-corrected chi connectivity index (χ1v) is 12.5. The van der Waals surface area contributed by atoms with Gasteiger partial charge in [-0.1, -0.05) is 60.7 Å². The summed E-state index contributed by atoms with van der Waals surface area (Å²) >= 11 is 0. The number of aromatic nitrogens is 2. The van der Waals surface area contributed by atoms with E-state index in [0.29, 0.717) is 25.3 Å². The van der Waals surface area contributed by atoms with E-state index in [0.717, 1.165) is 22.4 Å². The van der Waals surface area contributed by atoms with Gasteiger partial charge >= 0.3 is 0 Å². The van der Waals surface area contributed by atoms with E-state index >= 15 is 0 Å². The second kappa shape index (κ2) is 8.89. The van der Waals surface area contributed by atoms with Crippen LogP contribution in [0.2, 0.25) is 0 Å². The lowest BCUT2D eigenvalue weighted by atomic mass is 10.0. The summed E-state index contributed by atoms with van der Waals surface area (Å²) in [6.07, 6.45) is 0.663. The van der Waals surface area contributed by atoms with Crippen LogP contribution >= 0.6 is 0 Å². The number of hydrogen-bond acceptors (Lipinski definition) is 4. The van der Waals surface area contributed by atoms with Crippen LogP contribution in [0.15, 0.2) is 83.8 Å². The number of fused-ring (bicyclic) bond motifs is 1. The van der Waals surface area contributed by atoms with Crippen molar-refractivity contribution in [3.05, 3.63) is 101 Å². The van der Waals surface area contributed by atoms with Crippen LogP contribution < -0.4 is 5.32 Å². The number of carbonyl (C=O) groups is 1. The van der Waals surface area contributed by atoms with Gasteiger partial charge in [0.15, 0.2) is 5.82 Å². The molecule has 1 aliphatic heterocycles. The van der Waals surface area contributed by atoms with Crippen molar-refractivity contribution in [2.75, 3.05) is 11.9 Å². The van der Waals surface area contributed by atoms with E-state index < -0.39 is 15.9 Å². The quantitative estimate of drug-likeness (QED) is 0.451. The molecular weight excluding hydrogens is 448 g/mol. The van der Waals surface area contributed by atoms with E-state index in [1.54, 1.807) is 12.1 Å². The molecule has 0 unspecified atom stereocenters. The zero-order chi connectivity index (χ0) is 23.7. The Bertz CT molecular complexity index is 1460. The molecule has 0 radical (unpaired) electrons. The predicted octanol–water partition coefficient (Wildman–Crippen LogP) is 4.38. The van der Waals surface area contributed by atoms with Crippen molar-refractivity contribution in [3.8, 4) is 11.1 Å². The molecule has 34 heavy (non-hydrogen) atoms. The SMILES string of the molecule is Cc1[nH]nc(NC(=O)c2cccc(S(=O)(=O)N3CCc4ccccc4C3)c2)c1-c1ccccc1. The molecule has 2 heterocycles. The molecule has 5 rings (SSSR count). The molecule has 7 nitrogen and oxygen atoms in total. The third-order valence-electron chi connectivity index (χ3n) is 6.07. The van der Waals surface area contributed by atoms with Gasteiger partial charge < -0.3 is 5.32 Å². The minimum absolute atomic E-state index is 0.0982. The fourth-order valence-electron chi connectivity index (χ4n) is 4.28. The Morgan fingerprint density at radius 2 is 1.71 bits per heavy atom. The summed E-state index contributed by atoms with van der Waals surface area (Å²) in [5.74, 6) is -0.0284. The van der Waals surface area contributed by atoms with E-state index in [1.165, 1.54) is 22.0 Å². The number of nitrogens with one attached hydrogen (secondary N) is 2. The number of aryl methyl sites for hydroxylation is 1. The van der Waals surface area contributed by atoms with Gasteiger partial charge in [0, 0.05) is 29.9 Å². The Morgan fingerprint density at radius 3 is 2.50 bits per heavy atom. The maximum atomic E-state index is 13.3. The first-order valence-electron chi connectivity index (χ1n) is 11.0. The highest BCUT2D eigenvalue weighted by Gasteiger charge is 2.29. The number of sulfonamides is 1. The van der Waals surface area contributed by atoms with Crippen molar-refractivity contribution in [1.82, 2.24) is 14.5 Å². The maximum Gasteiger partial charge on any atom is 0.256 e. The minimum Gasteiger partial charge on any atom is -0.305 e. The summed E-state index contributed by atoms with van der Waals surface area (Å²) in [4.78, 5) is 13.2. The summed E-state index contributed by atoms with van der Waals surface area (Å²) < 4.78 is 28.2. The van der Waals surface area contributed by atoms with E-state index in [1.807, 2.05) is 61.5 Å². The zero-order valence-electron chi connectivity index (χ0n) is 18.7. The Balaban J connectivity index is 1.39. The van der Waals surface area contributed by atoms with Crippen molar-refractivity contribution in [2.24, 2.45) is 0 Å². The van der Waals surface area contributed by atoms with Crippen molar-refractivity contribution in [2.45, 2.75) is 24.8 Å². The van der Waals surface area contributed by atoms with Gasteiger partial charge in [-0.2, -0.15) is 9.40 Å². The van der Waals surface area contributed by atoms with Crippen molar-refractivity contribution in [3.63, 3.8) is 0 Å². The number of benzene rings is 3. The average molecular weight is 473 g/mol. The average Bonchev–Trinajstić information content (AvgIpc) is 3.23. The van der Waals surface area contributed by atoms with E-state index in [9.17, 15) is 13.2 Å². The number of aromatic amines is 1. The second-order valence-corrected chi connectivity index (χ2v) is 10.2. The van der Waals surface area contributed by atoms with Gasteiger partial charge in [-0.25, -0.2) is 8.42 Å². The summed E-state index contributed by atoms with van der Waals surface area (Å²) in [5.41, 5.74) is 4.97. The smallest absolute Gasteiger partial charge is 0.256 e. The number of amides is 1. The van der Waals surface area contributed by atoms with Gasteiger partial charge in [0.1, 0.15) is 0 Å². The third kappa shape index (κ3) is 4.13. The standard InChI is InChI=1S/C26H24N4O3S/c1-18-24(20-9-3-2-4-10-20)25(29-28-18)27-26(31)21-12-7-13-23(16-21)34(32,33)30-15-14-19-8-5-6-11-22(19)17-30/h2-13,16H,14-15,17H2,1H3,(H2,27,28,29,31). The summed E-state index contributed by atoms with van der Waals surface area (Å²) in [6.45, 7) is 2.61. The monoisotopic (exact) mass is 472 g/mol. The zero-order valence-corrected chi connectivity index (χ0v) is 19.5. The molecule has 172 valence electrons. The molecule has 0 fully saturated rings. The Labute approximate surface area is 198 Å². The van der Waals surface area contributed by atoms with Crippen molar-refractivity contribution >= 4 is 21.7 Å². The van der Waals surface area contributed by atoms with Gasteiger partial charge in [0.25, 0.3) is 5.91 Å². The normalized spacial score (nSPS) is 13.9. The lowest BCUT2D eigenvalue weighted by Crippen LogP contribution is -2.36. The molecule has 0 spiro atoms. The third-order valence-corrected chi connectivity index (χ3v) is 7.91. The van der Waals surface area contributed by atoms with Crippen LogP contribution in [0.4, 0.5) is 5.82 Å². The molecule has 1 aliphatic rings. The largest absolute Gasteiger partial charge is 0.305 e. The van der Waals surface area contributed by atoms with Gasteiger partial charge in [0.05, 0.1) is 4.90 Å². The molecule has 3 aromatic carbocycles. The summed E-state index contributed by atoms with van der Waals surface area (Å²) in [7, 11) is -3.75. The molecule has 4 aromatic rings. The molecule has 0 saturated heterocycles. The van der Waals surface area contributed by atoms with E-state index in [-0.39, 0.29) is 10.5 Å². The Morgan fingerprint density at radius 1 is 0.971 bits per heavy atom. The van der Waals surface area contributed by atoms with Crippen LogP contribution in [0.25, 0.3) is 11.1 Å². The van der Waals surface area contributed by atoms with Crippen LogP contribution in [-0.4, -0.2) is 35.4 Å². The molecule has 0 aliphatic carbocycles. The Kier molecular flexibility index (Phi) is 5.77. The number of H-pyrrole nitrogens is 1. The van der Waals surface area contributed by atoms with Crippen LogP contribution in [-0.2, 0) is 23.0 Å². The van der Waals surface area contributed by atoms with Crippen LogP contribution in [0, 0.1) is 6.92 Å². The summed E-state index contributed by atoms with van der Waals surface area (Å²) in [5, 5.41) is 9.98. The lowest BCUT2D eigenvalue weighted by molar-refractivity contribution is 0.102. The van der Waals surface area contributed by atoms with Crippen molar-refractivity contribution in [1.29, 1.82) is 0 Å². The number of rotatable bonds is 5. The molecule has 1 aromatic heterocycles. The molecule has 0 saturated carbocycles. The highest BCUT2D eigenvalue weighted by atomic mass is 32.2. The fraction of sp³-hybridized carbons (Fsp3) is 0.154. The van der Waals surface area contributed by atoms with E-state index in [2.05, 4.69) is 15.5 Å². The molecular formula is C26H24N4O3S. The van der Waals surface area contributed by atoms with Crippen LogP contribution in [0.1, 0.15) is 27.2 Å². The topological polar surface area (TPSA) is 95.2 Å². The molecule has 0 atom stereocenters. The molecule has 8 heteroatoms. The molecule has 1 amide bonds. The number of nitrogens with zero attached hydrogens (tertiary/aromatic N) is 2. The van der Waals surface area contributed by atoms with E-state index in [4.69, 9.17) is 0 Å². The highest BCUT2D eigenvalue weighted by Crippen LogP contribution is 2.30. The van der Waals surface area contributed by atoms with Crippen LogP contribution in [0.3, 0.4) is 0 Å². The summed E-state index contributed by atoms with van der Waals surface area (Å²) in [6, 6.07) is 23.7. The van der Waals surface area contributed by atoms with Gasteiger partial charge in [-0.15, -0.1) is 0 Å². The first-order chi connectivity index (χ1) is 16.4.